The number of carboxylic acids is 1. The summed E-state index contributed by atoms with van der Waals surface area (Å²) in [6, 6.07) is 0. The van der Waals surface area contributed by atoms with Crippen LogP contribution >= 0.6 is 11.8 Å². The van der Waals surface area contributed by atoms with Crippen LogP contribution < -0.4 is 5.73 Å². The Hall–Kier alpha value is -0.220. The monoisotopic (exact) mass is 163 g/mol. The van der Waals surface area contributed by atoms with E-state index >= 15 is 0 Å². The molecule has 0 aromatic rings. The topological polar surface area (TPSA) is 63.3 Å². The Morgan fingerprint density at radius 2 is 2.40 bits per heavy atom. The molecule has 0 saturated heterocycles. The Morgan fingerprint density at radius 1 is 1.80 bits per heavy atom. The molecule has 3 nitrogen and oxygen atoms in total. The maximum Gasteiger partial charge on any atom is 0.307 e. The van der Waals surface area contributed by atoms with Gasteiger partial charge >= 0.3 is 5.97 Å². The molecule has 0 aliphatic carbocycles. The van der Waals surface area contributed by atoms with Gasteiger partial charge in [0.05, 0.1) is 5.92 Å². The molecule has 0 saturated carbocycles. The number of hydrogen-bond donors (Lipinski definition) is 2. The summed E-state index contributed by atoms with van der Waals surface area (Å²) in [5.74, 6) is -0.266. The van der Waals surface area contributed by atoms with E-state index in [-0.39, 0.29) is 12.5 Å². The van der Waals surface area contributed by atoms with Crippen LogP contribution in [0, 0.1) is 5.92 Å². The average Bonchev–Trinajstić information content (AvgIpc) is 1.89. The fourth-order valence-corrected chi connectivity index (χ4v) is 1.12. The zero-order valence-electron chi connectivity index (χ0n) is 6.04. The van der Waals surface area contributed by atoms with Crippen molar-refractivity contribution in [1.29, 1.82) is 0 Å². The second-order valence-electron chi connectivity index (χ2n) is 2.05. The lowest BCUT2D eigenvalue weighted by Gasteiger charge is -2.06. The van der Waals surface area contributed by atoms with Gasteiger partial charge in [0, 0.05) is 6.54 Å². The minimum absolute atomic E-state index is 0.246. The van der Waals surface area contributed by atoms with Gasteiger partial charge in [-0.2, -0.15) is 11.8 Å². The minimum Gasteiger partial charge on any atom is -0.481 e. The number of hydrogen-bond acceptors (Lipinski definition) is 3. The second-order valence-corrected chi connectivity index (χ2v) is 3.04. The normalized spacial score (nSPS) is 13.0. The summed E-state index contributed by atoms with van der Waals surface area (Å²) in [5.41, 5.74) is 5.22. The van der Waals surface area contributed by atoms with Gasteiger partial charge in [-0.1, -0.05) is 0 Å². The van der Waals surface area contributed by atoms with Crippen LogP contribution in [0.25, 0.3) is 0 Å². The zero-order chi connectivity index (χ0) is 7.98. The zero-order valence-corrected chi connectivity index (χ0v) is 6.86. The molecule has 0 bridgehead atoms. The van der Waals surface area contributed by atoms with Crippen LogP contribution in [0.2, 0.25) is 0 Å². The van der Waals surface area contributed by atoms with E-state index in [1.165, 1.54) is 0 Å². The molecule has 0 heterocycles. The molecule has 0 unspecified atom stereocenters. The van der Waals surface area contributed by atoms with Crippen LogP contribution in [-0.4, -0.2) is 29.6 Å². The van der Waals surface area contributed by atoms with E-state index in [0.29, 0.717) is 6.42 Å². The van der Waals surface area contributed by atoms with Gasteiger partial charge in [0.2, 0.25) is 0 Å². The number of rotatable bonds is 5. The quantitative estimate of drug-likeness (QED) is 0.615. The van der Waals surface area contributed by atoms with Gasteiger partial charge in [-0.25, -0.2) is 0 Å². The van der Waals surface area contributed by atoms with E-state index in [9.17, 15) is 4.79 Å². The van der Waals surface area contributed by atoms with Crippen LogP contribution in [0.1, 0.15) is 6.42 Å². The van der Waals surface area contributed by atoms with E-state index in [1.807, 2.05) is 6.26 Å². The summed E-state index contributed by atoms with van der Waals surface area (Å²) in [4.78, 5) is 10.3. The molecule has 0 aromatic heterocycles. The molecule has 0 fully saturated rings. The van der Waals surface area contributed by atoms with Crippen molar-refractivity contribution < 1.29 is 9.90 Å². The lowest BCUT2D eigenvalue weighted by molar-refractivity contribution is -0.141. The second kappa shape index (κ2) is 5.56. The van der Waals surface area contributed by atoms with Crippen molar-refractivity contribution in [2.24, 2.45) is 11.7 Å². The molecule has 0 spiro atoms. The van der Waals surface area contributed by atoms with Crippen LogP contribution in [0.5, 0.6) is 0 Å². The molecule has 0 amide bonds. The Kier molecular flexibility index (Phi) is 5.43. The fourth-order valence-electron chi connectivity index (χ4n) is 0.602. The maximum atomic E-state index is 10.3. The lowest BCUT2D eigenvalue weighted by Crippen LogP contribution is -2.23. The van der Waals surface area contributed by atoms with E-state index in [2.05, 4.69) is 0 Å². The first-order valence-corrected chi connectivity index (χ1v) is 4.53. The molecule has 60 valence electrons. The van der Waals surface area contributed by atoms with Gasteiger partial charge in [0.15, 0.2) is 0 Å². The number of carbonyl (C=O) groups is 1. The molecular weight excluding hydrogens is 150 g/mol. The summed E-state index contributed by atoms with van der Waals surface area (Å²) in [6.45, 7) is 0.246. The molecule has 0 radical (unpaired) electrons. The first-order chi connectivity index (χ1) is 4.72. The van der Waals surface area contributed by atoms with E-state index in [1.54, 1.807) is 11.8 Å². The average molecular weight is 163 g/mol. The molecule has 10 heavy (non-hydrogen) atoms. The number of nitrogens with two attached hydrogens (primary N) is 1. The third-order valence-electron chi connectivity index (χ3n) is 1.30. The van der Waals surface area contributed by atoms with Crippen molar-refractivity contribution in [3.8, 4) is 0 Å². The molecule has 0 rings (SSSR count). The van der Waals surface area contributed by atoms with Gasteiger partial charge in [0.25, 0.3) is 0 Å². The predicted molar refractivity (Wildman–Crippen MR) is 43.2 cm³/mol. The highest BCUT2D eigenvalue weighted by molar-refractivity contribution is 7.98. The van der Waals surface area contributed by atoms with Gasteiger partial charge in [-0.3, -0.25) is 4.79 Å². The lowest BCUT2D eigenvalue weighted by atomic mass is 10.1. The third-order valence-corrected chi connectivity index (χ3v) is 1.95. The van der Waals surface area contributed by atoms with Gasteiger partial charge in [-0.05, 0) is 18.4 Å². The summed E-state index contributed by atoms with van der Waals surface area (Å²) in [7, 11) is 0. The number of aliphatic carboxylic acids is 1. The highest BCUT2D eigenvalue weighted by Gasteiger charge is 2.13. The van der Waals surface area contributed by atoms with E-state index in [0.717, 1.165) is 5.75 Å². The Balaban J connectivity index is 3.50. The molecule has 3 N–H and O–H groups in total. The summed E-state index contributed by atoms with van der Waals surface area (Å²) in [6.07, 6.45) is 2.63. The summed E-state index contributed by atoms with van der Waals surface area (Å²) < 4.78 is 0. The fraction of sp³-hybridized carbons (Fsp3) is 0.833. The van der Waals surface area contributed by atoms with Crippen LogP contribution in [0.15, 0.2) is 0 Å². The molecule has 0 aromatic carbocycles. The smallest absolute Gasteiger partial charge is 0.307 e. The van der Waals surface area contributed by atoms with Crippen LogP contribution in [0.4, 0.5) is 0 Å². The Labute approximate surface area is 65.0 Å². The third kappa shape index (κ3) is 3.74. The molecule has 0 aliphatic heterocycles. The summed E-state index contributed by atoms with van der Waals surface area (Å²) in [5, 5.41) is 8.51. The van der Waals surface area contributed by atoms with Crippen molar-refractivity contribution in [2.75, 3.05) is 18.6 Å². The van der Waals surface area contributed by atoms with Crippen molar-refractivity contribution in [1.82, 2.24) is 0 Å². The SMILES string of the molecule is CSCC[C@@H](CN)C(=O)O. The van der Waals surface area contributed by atoms with Crippen molar-refractivity contribution in [3.63, 3.8) is 0 Å². The first-order valence-electron chi connectivity index (χ1n) is 3.14. The predicted octanol–water partition coefficient (Wildman–Crippen LogP) is 0.399. The van der Waals surface area contributed by atoms with Crippen LogP contribution in [-0.2, 0) is 4.79 Å². The summed E-state index contributed by atoms with van der Waals surface area (Å²) >= 11 is 1.64. The number of thioether (sulfide) groups is 1. The number of carboxylic acid groups (broad SMARTS) is 1. The largest absolute Gasteiger partial charge is 0.481 e. The minimum atomic E-state index is -0.781. The Bertz CT molecular complexity index is 108. The molecule has 1 atom stereocenters. The van der Waals surface area contributed by atoms with Crippen LogP contribution in [0.3, 0.4) is 0 Å². The molecule has 4 heteroatoms. The highest BCUT2D eigenvalue weighted by atomic mass is 32.2. The standard InChI is InChI=1S/C6H13NO2S/c1-10-3-2-5(4-7)6(8)9/h5H,2-4,7H2,1H3,(H,8,9)/t5-/m0/s1. The van der Waals surface area contributed by atoms with Crippen molar-refractivity contribution in [2.45, 2.75) is 6.42 Å². The van der Waals surface area contributed by atoms with Crippen molar-refractivity contribution in [3.05, 3.63) is 0 Å². The molecular formula is C6H13NO2S. The van der Waals surface area contributed by atoms with E-state index < -0.39 is 5.97 Å². The maximum absolute atomic E-state index is 10.3. The molecule has 0 aliphatic rings. The first kappa shape index (κ1) is 9.78. The highest BCUT2D eigenvalue weighted by Crippen LogP contribution is 2.05. The van der Waals surface area contributed by atoms with E-state index in [4.69, 9.17) is 10.8 Å². The Morgan fingerprint density at radius 3 is 2.70 bits per heavy atom. The van der Waals surface area contributed by atoms with Gasteiger partial charge < -0.3 is 10.8 Å². The van der Waals surface area contributed by atoms with Gasteiger partial charge in [-0.15, -0.1) is 0 Å². The van der Waals surface area contributed by atoms with Gasteiger partial charge in [0.1, 0.15) is 0 Å². The van der Waals surface area contributed by atoms with Crippen molar-refractivity contribution >= 4 is 17.7 Å².